The molecule has 0 atom stereocenters. The largest absolute Gasteiger partial charge is 0.330 e. The molecule has 8 heteroatoms. The number of nitrogens with one attached hydrogen (secondary N) is 1. The van der Waals surface area contributed by atoms with Crippen LogP contribution in [-0.2, 0) is 7.05 Å². The maximum absolute atomic E-state index is 13.2. The number of amides is 1. The van der Waals surface area contributed by atoms with Gasteiger partial charge in [-0.25, -0.2) is 9.37 Å². The summed E-state index contributed by atoms with van der Waals surface area (Å²) < 4.78 is 14.5. The SMILES string of the molecule is Cn1cnc2c(C(=O)N3CCC=C(F)C3)[nH]nc2c1=O. The van der Waals surface area contributed by atoms with Gasteiger partial charge >= 0.3 is 0 Å². The monoisotopic (exact) mass is 277 g/mol. The lowest BCUT2D eigenvalue weighted by molar-refractivity contribution is 0.0751. The van der Waals surface area contributed by atoms with Crippen LogP contribution in [0.4, 0.5) is 4.39 Å². The van der Waals surface area contributed by atoms with Crippen LogP contribution in [-0.4, -0.2) is 43.6 Å². The summed E-state index contributed by atoms with van der Waals surface area (Å²) in [6.07, 6.45) is 3.26. The van der Waals surface area contributed by atoms with Gasteiger partial charge in [-0.05, 0) is 12.5 Å². The average Bonchev–Trinajstić information content (AvgIpc) is 2.86. The van der Waals surface area contributed by atoms with E-state index in [4.69, 9.17) is 0 Å². The summed E-state index contributed by atoms with van der Waals surface area (Å²) in [6, 6.07) is 0. The molecule has 2 aromatic rings. The Morgan fingerprint density at radius 1 is 1.45 bits per heavy atom. The van der Waals surface area contributed by atoms with Gasteiger partial charge in [0.25, 0.3) is 11.5 Å². The molecule has 104 valence electrons. The second-order valence-electron chi connectivity index (χ2n) is 4.62. The van der Waals surface area contributed by atoms with Gasteiger partial charge < -0.3 is 9.47 Å². The third-order valence-corrected chi connectivity index (χ3v) is 3.23. The molecule has 1 N–H and O–H groups in total. The molecular formula is C12H12FN5O2. The summed E-state index contributed by atoms with van der Waals surface area (Å²) in [6.45, 7) is 0.363. The van der Waals surface area contributed by atoms with Gasteiger partial charge in [-0.1, -0.05) is 0 Å². The molecule has 1 aliphatic heterocycles. The summed E-state index contributed by atoms with van der Waals surface area (Å²) in [5.41, 5.74) is 0.0989. The molecule has 0 spiro atoms. The smallest absolute Gasteiger partial charge is 0.281 e. The van der Waals surface area contributed by atoms with E-state index in [2.05, 4.69) is 15.2 Å². The van der Waals surface area contributed by atoms with Crippen molar-refractivity contribution in [3.8, 4) is 0 Å². The van der Waals surface area contributed by atoms with Crippen molar-refractivity contribution in [2.75, 3.05) is 13.1 Å². The predicted molar refractivity (Wildman–Crippen MR) is 68.8 cm³/mol. The van der Waals surface area contributed by atoms with Crippen LogP contribution in [0.5, 0.6) is 0 Å². The van der Waals surface area contributed by atoms with Crippen molar-refractivity contribution in [1.29, 1.82) is 0 Å². The van der Waals surface area contributed by atoms with E-state index in [0.29, 0.717) is 13.0 Å². The van der Waals surface area contributed by atoms with Crippen LogP contribution in [0.15, 0.2) is 23.0 Å². The Hall–Kier alpha value is -2.51. The molecule has 0 aromatic carbocycles. The van der Waals surface area contributed by atoms with Crippen LogP contribution >= 0.6 is 0 Å². The minimum atomic E-state index is -0.406. The van der Waals surface area contributed by atoms with Crippen LogP contribution in [0.3, 0.4) is 0 Å². The Morgan fingerprint density at radius 3 is 3.00 bits per heavy atom. The Labute approximate surface area is 112 Å². The highest BCUT2D eigenvalue weighted by molar-refractivity contribution is 6.02. The van der Waals surface area contributed by atoms with E-state index in [1.54, 1.807) is 7.05 Å². The Balaban J connectivity index is 2.03. The molecule has 2 aromatic heterocycles. The summed E-state index contributed by atoms with van der Waals surface area (Å²) >= 11 is 0. The fourth-order valence-corrected chi connectivity index (χ4v) is 2.16. The van der Waals surface area contributed by atoms with Crippen molar-refractivity contribution < 1.29 is 9.18 Å². The highest BCUT2D eigenvalue weighted by Crippen LogP contribution is 2.16. The molecule has 0 unspecified atom stereocenters. The molecule has 1 amide bonds. The van der Waals surface area contributed by atoms with E-state index in [-0.39, 0.29) is 34.7 Å². The van der Waals surface area contributed by atoms with E-state index >= 15 is 0 Å². The molecule has 1 aliphatic rings. The molecular weight excluding hydrogens is 265 g/mol. The third-order valence-electron chi connectivity index (χ3n) is 3.23. The van der Waals surface area contributed by atoms with Crippen LogP contribution in [0.25, 0.3) is 11.0 Å². The fraction of sp³-hybridized carbons (Fsp3) is 0.333. The van der Waals surface area contributed by atoms with E-state index < -0.39 is 5.91 Å². The van der Waals surface area contributed by atoms with Gasteiger partial charge in [0.2, 0.25) is 0 Å². The molecule has 3 heterocycles. The molecule has 0 saturated carbocycles. The van der Waals surface area contributed by atoms with Crippen molar-refractivity contribution in [1.82, 2.24) is 24.6 Å². The first kappa shape index (κ1) is 12.5. The zero-order valence-electron chi connectivity index (χ0n) is 10.8. The molecule has 0 bridgehead atoms. The lowest BCUT2D eigenvalue weighted by atomic mass is 10.2. The normalized spacial score (nSPS) is 15.5. The Kier molecular flexibility index (Phi) is 2.85. The number of halogens is 1. The third kappa shape index (κ3) is 1.89. The summed E-state index contributed by atoms with van der Waals surface area (Å²) in [4.78, 5) is 29.6. The number of carbonyl (C=O) groups is 1. The van der Waals surface area contributed by atoms with Crippen LogP contribution in [0.1, 0.15) is 16.9 Å². The number of fused-ring (bicyclic) bond motifs is 1. The second-order valence-corrected chi connectivity index (χ2v) is 4.62. The molecule has 3 rings (SSSR count). The van der Waals surface area contributed by atoms with Crippen molar-refractivity contribution in [2.24, 2.45) is 7.05 Å². The molecule has 0 fully saturated rings. The maximum Gasteiger partial charge on any atom is 0.281 e. The van der Waals surface area contributed by atoms with Crippen LogP contribution < -0.4 is 5.56 Å². The first-order valence-electron chi connectivity index (χ1n) is 6.11. The topological polar surface area (TPSA) is 83.9 Å². The van der Waals surface area contributed by atoms with Gasteiger partial charge in [-0.3, -0.25) is 14.7 Å². The maximum atomic E-state index is 13.2. The lowest BCUT2D eigenvalue weighted by Gasteiger charge is -2.23. The number of rotatable bonds is 1. The molecule has 0 saturated heterocycles. The quantitative estimate of drug-likeness (QED) is 0.815. The molecule has 0 radical (unpaired) electrons. The van der Waals surface area contributed by atoms with Crippen LogP contribution in [0.2, 0.25) is 0 Å². The zero-order valence-corrected chi connectivity index (χ0v) is 10.8. The van der Waals surface area contributed by atoms with E-state index in [1.807, 2.05) is 0 Å². The predicted octanol–water partition coefficient (Wildman–Crippen LogP) is 0.356. The number of H-pyrrole nitrogens is 1. The highest BCUT2D eigenvalue weighted by Gasteiger charge is 2.24. The minimum absolute atomic E-state index is 0.0653. The first-order chi connectivity index (χ1) is 9.58. The summed E-state index contributed by atoms with van der Waals surface area (Å²) in [5.74, 6) is -0.742. The average molecular weight is 277 g/mol. The lowest BCUT2D eigenvalue weighted by Crippen LogP contribution is -2.35. The van der Waals surface area contributed by atoms with Gasteiger partial charge in [0, 0.05) is 13.6 Å². The Bertz CT molecular complexity index is 776. The first-order valence-corrected chi connectivity index (χ1v) is 6.11. The van der Waals surface area contributed by atoms with E-state index in [9.17, 15) is 14.0 Å². The number of carbonyl (C=O) groups excluding carboxylic acids is 1. The van der Waals surface area contributed by atoms with Crippen molar-refractivity contribution in [3.63, 3.8) is 0 Å². The number of hydrogen-bond donors (Lipinski definition) is 1. The number of hydrogen-bond acceptors (Lipinski definition) is 4. The number of aromatic amines is 1. The van der Waals surface area contributed by atoms with Gasteiger partial charge in [-0.2, -0.15) is 5.10 Å². The van der Waals surface area contributed by atoms with Gasteiger partial charge in [0.05, 0.1) is 12.9 Å². The summed E-state index contributed by atoms with van der Waals surface area (Å²) in [7, 11) is 1.55. The van der Waals surface area contributed by atoms with Gasteiger partial charge in [-0.15, -0.1) is 0 Å². The van der Waals surface area contributed by atoms with E-state index in [1.165, 1.54) is 21.9 Å². The number of aromatic nitrogens is 4. The van der Waals surface area contributed by atoms with Gasteiger partial charge in [0.1, 0.15) is 17.0 Å². The van der Waals surface area contributed by atoms with Gasteiger partial charge in [0.15, 0.2) is 5.52 Å². The fourth-order valence-electron chi connectivity index (χ4n) is 2.16. The minimum Gasteiger partial charge on any atom is -0.330 e. The summed E-state index contributed by atoms with van der Waals surface area (Å²) in [5, 5.41) is 6.37. The molecule has 0 aliphatic carbocycles. The van der Waals surface area contributed by atoms with Crippen molar-refractivity contribution >= 4 is 16.9 Å². The molecule has 20 heavy (non-hydrogen) atoms. The zero-order chi connectivity index (χ0) is 14.3. The standard InChI is InChI=1S/C12H12FN5O2/c1-17-6-14-8-9(11(17)19)15-16-10(8)12(20)18-4-2-3-7(13)5-18/h3,6H,2,4-5H2,1H3,(H,15,16). The second kappa shape index (κ2) is 4.55. The highest BCUT2D eigenvalue weighted by atomic mass is 19.1. The van der Waals surface area contributed by atoms with E-state index in [0.717, 1.165) is 0 Å². The Morgan fingerprint density at radius 2 is 2.25 bits per heavy atom. The van der Waals surface area contributed by atoms with Crippen LogP contribution in [0, 0.1) is 0 Å². The number of aryl methyl sites for hydroxylation is 1. The van der Waals surface area contributed by atoms with Crippen molar-refractivity contribution in [2.45, 2.75) is 6.42 Å². The van der Waals surface area contributed by atoms with Crippen molar-refractivity contribution in [3.05, 3.63) is 34.3 Å². The number of nitrogens with zero attached hydrogens (tertiary/aromatic N) is 4. The molecule has 7 nitrogen and oxygen atoms in total.